The summed E-state index contributed by atoms with van der Waals surface area (Å²) in [5.74, 6) is 0. The predicted molar refractivity (Wildman–Crippen MR) is 103 cm³/mol. The van der Waals surface area contributed by atoms with Crippen molar-refractivity contribution in [2.75, 3.05) is 4.90 Å². The number of para-hydroxylation sites is 2. The van der Waals surface area contributed by atoms with E-state index in [0.717, 1.165) is 0 Å². The third kappa shape index (κ3) is 2.16. The largest absolute Gasteiger partial charge is 0.310 e. The number of hydrogen-bond acceptors (Lipinski definition) is 1. The number of fused-ring (bicyclic) bond motifs is 2. The summed E-state index contributed by atoms with van der Waals surface area (Å²) in [7, 11) is 0. The Kier molecular flexibility index (Phi) is 3.28. The van der Waals surface area contributed by atoms with E-state index in [1.54, 1.807) is 0 Å². The summed E-state index contributed by atoms with van der Waals surface area (Å²) in [6.07, 6.45) is 0. The average Bonchev–Trinajstić information content (AvgIpc) is 2.54. The smallest absolute Gasteiger partial charge is 0.0502 e. The number of nitrogens with zero attached hydrogens (tertiary/aromatic N) is 1. The predicted octanol–water partition coefficient (Wildman–Crippen LogP) is 6.41. The Labute approximate surface area is 144 Å². The second-order valence-corrected chi connectivity index (χ2v) is 7.34. The van der Waals surface area contributed by atoms with Gasteiger partial charge >= 0.3 is 0 Å². The molecule has 24 heavy (non-hydrogen) atoms. The van der Waals surface area contributed by atoms with Gasteiger partial charge in [0.25, 0.3) is 0 Å². The Morgan fingerprint density at radius 3 is 1.62 bits per heavy atom. The Balaban J connectivity index is 2.05. The summed E-state index contributed by atoms with van der Waals surface area (Å²) in [5.41, 5.74) is 9.16. The Morgan fingerprint density at radius 1 is 0.667 bits per heavy atom. The summed E-state index contributed by atoms with van der Waals surface area (Å²) < 4.78 is 0. The third-order valence-electron chi connectivity index (χ3n) is 5.10. The molecule has 0 atom stereocenters. The first-order valence-corrected chi connectivity index (χ1v) is 8.56. The standard InChI is InChI=1S/C23H23N/c1-16-13-17(2)15-18(14-16)24-21-11-7-5-9-19(21)23(3,4)20-10-6-8-12-22(20)24/h5-15H,1-4H3. The van der Waals surface area contributed by atoms with Crippen LogP contribution >= 0.6 is 0 Å². The van der Waals surface area contributed by atoms with Crippen LogP contribution in [0.5, 0.6) is 0 Å². The molecular formula is C23H23N. The van der Waals surface area contributed by atoms with Gasteiger partial charge in [0.15, 0.2) is 0 Å². The highest BCUT2D eigenvalue weighted by Gasteiger charge is 2.36. The zero-order chi connectivity index (χ0) is 16.9. The van der Waals surface area contributed by atoms with Crippen molar-refractivity contribution < 1.29 is 0 Å². The van der Waals surface area contributed by atoms with Crippen molar-refractivity contribution in [3.63, 3.8) is 0 Å². The van der Waals surface area contributed by atoms with Crippen molar-refractivity contribution in [3.05, 3.63) is 89.0 Å². The molecule has 0 fully saturated rings. The summed E-state index contributed by atoms with van der Waals surface area (Å²) >= 11 is 0. The van der Waals surface area contributed by atoms with Crippen LogP contribution in [-0.4, -0.2) is 0 Å². The van der Waals surface area contributed by atoms with Crippen LogP contribution in [0.4, 0.5) is 17.1 Å². The topological polar surface area (TPSA) is 3.24 Å². The summed E-state index contributed by atoms with van der Waals surface area (Å²) in [5, 5.41) is 0. The van der Waals surface area contributed by atoms with Crippen molar-refractivity contribution >= 4 is 17.1 Å². The second-order valence-electron chi connectivity index (χ2n) is 7.34. The number of aryl methyl sites for hydroxylation is 2. The van der Waals surface area contributed by atoms with Crippen LogP contribution < -0.4 is 4.90 Å². The molecule has 1 aliphatic heterocycles. The quantitative estimate of drug-likeness (QED) is 0.501. The summed E-state index contributed by atoms with van der Waals surface area (Å²) in [6.45, 7) is 8.98. The molecule has 3 aromatic rings. The van der Waals surface area contributed by atoms with Crippen molar-refractivity contribution in [2.24, 2.45) is 0 Å². The minimum absolute atomic E-state index is 0.00254. The van der Waals surface area contributed by atoms with Gasteiger partial charge in [-0.3, -0.25) is 0 Å². The van der Waals surface area contributed by atoms with Gasteiger partial charge in [-0.25, -0.2) is 0 Å². The van der Waals surface area contributed by atoms with Crippen molar-refractivity contribution in [3.8, 4) is 0 Å². The molecule has 1 aliphatic rings. The van der Waals surface area contributed by atoms with Crippen LogP contribution in [0.3, 0.4) is 0 Å². The van der Waals surface area contributed by atoms with Crippen molar-refractivity contribution in [2.45, 2.75) is 33.1 Å². The molecule has 0 N–H and O–H groups in total. The SMILES string of the molecule is Cc1cc(C)cc(N2c3ccccc3C(C)(C)c3ccccc32)c1. The van der Waals surface area contributed by atoms with Crippen LogP contribution in [0.2, 0.25) is 0 Å². The molecule has 0 bridgehead atoms. The molecule has 0 saturated carbocycles. The van der Waals surface area contributed by atoms with Crippen LogP contribution in [0.15, 0.2) is 66.7 Å². The van der Waals surface area contributed by atoms with Crippen molar-refractivity contribution in [1.82, 2.24) is 0 Å². The Hall–Kier alpha value is -2.54. The highest BCUT2D eigenvalue weighted by molar-refractivity contribution is 5.86. The van der Waals surface area contributed by atoms with Gasteiger partial charge in [-0.1, -0.05) is 56.3 Å². The number of benzene rings is 3. The van der Waals surface area contributed by atoms with E-state index < -0.39 is 0 Å². The van der Waals surface area contributed by atoms with Gasteiger partial charge in [-0.2, -0.15) is 0 Å². The molecule has 0 aliphatic carbocycles. The normalized spacial score (nSPS) is 14.9. The molecule has 0 unspecified atom stereocenters. The highest BCUT2D eigenvalue weighted by atomic mass is 15.2. The fraction of sp³-hybridized carbons (Fsp3) is 0.217. The van der Waals surface area contributed by atoms with E-state index in [1.165, 1.54) is 39.3 Å². The third-order valence-corrected chi connectivity index (χ3v) is 5.10. The molecule has 0 saturated heterocycles. The van der Waals surface area contributed by atoms with Gasteiger partial charge in [0.2, 0.25) is 0 Å². The first-order valence-electron chi connectivity index (χ1n) is 8.56. The molecule has 4 rings (SSSR count). The molecule has 1 heteroatoms. The lowest BCUT2D eigenvalue weighted by atomic mass is 9.73. The van der Waals surface area contributed by atoms with Gasteiger partial charge in [0.05, 0.1) is 11.4 Å². The number of anilines is 3. The lowest BCUT2D eigenvalue weighted by Gasteiger charge is -2.42. The lowest BCUT2D eigenvalue weighted by molar-refractivity contribution is 0.632. The van der Waals surface area contributed by atoms with E-state index in [9.17, 15) is 0 Å². The second kappa shape index (κ2) is 5.24. The first-order chi connectivity index (χ1) is 11.5. The first kappa shape index (κ1) is 15.0. The fourth-order valence-electron chi connectivity index (χ4n) is 4.03. The summed E-state index contributed by atoms with van der Waals surface area (Å²) in [6, 6.07) is 24.4. The molecule has 0 amide bonds. The van der Waals surface area contributed by atoms with Gasteiger partial charge in [0, 0.05) is 11.1 Å². The maximum Gasteiger partial charge on any atom is 0.0502 e. The van der Waals surface area contributed by atoms with Gasteiger partial charge in [0.1, 0.15) is 0 Å². The molecular weight excluding hydrogens is 290 g/mol. The van der Waals surface area contributed by atoms with E-state index in [2.05, 4.69) is 99.3 Å². The average molecular weight is 313 g/mol. The molecule has 1 nitrogen and oxygen atoms in total. The van der Waals surface area contributed by atoms with E-state index in [4.69, 9.17) is 0 Å². The van der Waals surface area contributed by atoms with E-state index in [1.807, 2.05) is 0 Å². The van der Waals surface area contributed by atoms with Crippen LogP contribution in [0.25, 0.3) is 0 Å². The molecule has 0 radical (unpaired) electrons. The van der Waals surface area contributed by atoms with Crippen LogP contribution in [0.1, 0.15) is 36.1 Å². The summed E-state index contributed by atoms with van der Waals surface area (Å²) in [4.78, 5) is 2.41. The highest BCUT2D eigenvalue weighted by Crippen LogP contribution is 2.51. The zero-order valence-corrected chi connectivity index (χ0v) is 14.8. The maximum absolute atomic E-state index is 2.41. The van der Waals surface area contributed by atoms with Gasteiger partial charge in [-0.15, -0.1) is 0 Å². The van der Waals surface area contributed by atoms with E-state index >= 15 is 0 Å². The van der Waals surface area contributed by atoms with Crippen LogP contribution in [-0.2, 0) is 5.41 Å². The molecule has 1 heterocycles. The molecule has 120 valence electrons. The Morgan fingerprint density at radius 2 is 1.12 bits per heavy atom. The fourth-order valence-corrected chi connectivity index (χ4v) is 4.03. The molecule has 3 aromatic carbocycles. The monoisotopic (exact) mass is 313 g/mol. The lowest BCUT2D eigenvalue weighted by Crippen LogP contribution is -2.30. The Bertz CT molecular complexity index is 851. The molecule has 0 spiro atoms. The maximum atomic E-state index is 2.41. The zero-order valence-electron chi connectivity index (χ0n) is 14.8. The number of hydrogen-bond donors (Lipinski definition) is 0. The minimum atomic E-state index is 0.00254. The van der Waals surface area contributed by atoms with Crippen molar-refractivity contribution in [1.29, 1.82) is 0 Å². The van der Waals surface area contributed by atoms with Gasteiger partial charge in [-0.05, 0) is 60.4 Å². The van der Waals surface area contributed by atoms with Crippen LogP contribution in [0, 0.1) is 13.8 Å². The number of rotatable bonds is 1. The van der Waals surface area contributed by atoms with E-state index in [-0.39, 0.29) is 5.41 Å². The molecule has 0 aromatic heterocycles. The van der Waals surface area contributed by atoms with E-state index in [0.29, 0.717) is 0 Å². The van der Waals surface area contributed by atoms with Gasteiger partial charge < -0.3 is 4.90 Å². The minimum Gasteiger partial charge on any atom is -0.310 e.